The van der Waals surface area contributed by atoms with E-state index in [1.165, 1.54) is 26.2 Å². The van der Waals surface area contributed by atoms with Gasteiger partial charge in [0, 0.05) is 0 Å². The normalized spacial score (nSPS) is 10.9. The van der Waals surface area contributed by atoms with Crippen LogP contribution in [0.25, 0.3) is 11.1 Å². The number of sulfonamides is 1. The molecule has 160 valence electrons. The number of carbonyl (C=O) groups excluding carboxylic acids is 1. The van der Waals surface area contributed by atoms with Gasteiger partial charge in [-0.1, -0.05) is 36.4 Å². The van der Waals surface area contributed by atoms with Crippen LogP contribution in [-0.4, -0.2) is 47.6 Å². The first-order chi connectivity index (χ1) is 14.7. The fraction of sp³-hybridized carbons (Fsp3) is 0.105. The highest BCUT2D eigenvalue weighted by atomic mass is 32.2. The molecule has 31 heavy (non-hydrogen) atoms. The summed E-state index contributed by atoms with van der Waals surface area (Å²) in [6.45, 7) is 1.53. The van der Waals surface area contributed by atoms with E-state index in [0.29, 0.717) is 11.1 Å². The Morgan fingerprint density at radius 3 is 2.35 bits per heavy atom. The van der Waals surface area contributed by atoms with Gasteiger partial charge in [0.2, 0.25) is 5.95 Å². The number of hydrogen-bond donors (Lipinski definition) is 3. The van der Waals surface area contributed by atoms with Gasteiger partial charge < -0.3 is 9.84 Å². The summed E-state index contributed by atoms with van der Waals surface area (Å²) >= 11 is 0. The molecule has 2 aromatic carbocycles. The molecule has 11 nitrogen and oxygen atoms in total. The zero-order chi connectivity index (χ0) is 22.6. The minimum Gasteiger partial charge on any atom is -0.478 e. The predicted molar refractivity (Wildman–Crippen MR) is 109 cm³/mol. The van der Waals surface area contributed by atoms with Crippen LogP contribution in [-0.2, 0) is 10.0 Å². The average molecular weight is 443 g/mol. The molecule has 0 aliphatic carbocycles. The number of carbonyl (C=O) groups is 2. The summed E-state index contributed by atoms with van der Waals surface area (Å²) in [4.78, 5) is 34.8. The number of benzene rings is 2. The monoisotopic (exact) mass is 443 g/mol. The van der Waals surface area contributed by atoms with Crippen molar-refractivity contribution in [2.75, 3.05) is 12.4 Å². The van der Waals surface area contributed by atoms with E-state index in [1.54, 1.807) is 35.1 Å². The zero-order valence-electron chi connectivity index (χ0n) is 16.4. The molecule has 0 spiro atoms. The number of aromatic carboxylic acids is 1. The minimum absolute atomic E-state index is 0.0746. The van der Waals surface area contributed by atoms with Crippen molar-refractivity contribution in [3.63, 3.8) is 0 Å². The summed E-state index contributed by atoms with van der Waals surface area (Å²) < 4.78 is 32.3. The van der Waals surface area contributed by atoms with Gasteiger partial charge in [0.15, 0.2) is 0 Å². The number of nitrogens with zero attached hydrogens (tertiary/aromatic N) is 3. The molecule has 0 aliphatic heterocycles. The van der Waals surface area contributed by atoms with E-state index in [2.05, 4.69) is 20.3 Å². The number of amides is 2. The van der Waals surface area contributed by atoms with Crippen molar-refractivity contribution in [3.05, 3.63) is 59.9 Å². The Morgan fingerprint density at radius 1 is 1.00 bits per heavy atom. The van der Waals surface area contributed by atoms with E-state index in [-0.39, 0.29) is 17.8 Å². The van der Waals surface area contributed by atoms with E-state index >= 15 is 0 Å². The summed E-state index contributed by atoms with van der Waals surface area (Å²) in [5.74, 6) is -1.47. The Hall–Kier alpha value is -4.06. The van der Waals surface area contributed by atoms with Crippen LogP contribution < -0.4 is 14.8 Å². The highest BCUT2D eigenvalue weighted by Gasteiger charge is 2.25. The van der Waals surface area contributed by atoms with Crippen LogP contribution in [0.15, 0.2) is 53.4 Å². The number of anilines is 1. The van der Waals surface area contributed by atoms with Gasteiger partial charge in [-0.15, -0.1) is 0 Å². The van der Waals surface area contributed by atoms with Gasteiger partial charge in [-0.2, -0.15) is 15.0 Å². The van der Waals surface area contributed by atoms with Crippen molar-refractivity contribution in [2.24, 2.45) is 0 Å². The van der Waals surface area contributed by atoms with Crippen molar-refractivity contribution in [3.8, 4) is 17.1 Å². The molecule has 3 rings (SSSR count). The molecule has 12 heteroatoms. The molecule has 0 fully saturated rings. The van der Waals surface area contributed by atoms with Crippen molar-refractivity contribution < 1.29 is 27.9 Å². The molecule has 3 aromatic rings. The van der Waals surface area contributed by atoms with E-state index in [4.69, 9.17) is 4.74 Å². The maximum Gasteiger partial charge on any atom is 0.337 e. The molecule has 0 saturated carbocycles. The van der Waals surface area contributed by atoms with E-state index < -0.39 is 32.5 Å². The molecule has 1 aromatic heterocycles. The fourth-order valence-corrected chi connectivity index (χ4v) is 3.77. The van der Waals surface area contributed by atoms with Crippen LogP contribution in [0.1, 0.15) is 16.2 Å². The van der Waals surface area contributed by atoms with Crippen molar-refractivity contribution in [1.29, 1.82) is 0 Å². The van der Waals surface area contributed by atoms with E-state index in [0.717, 1.165) is 6.07 Å². The first-order valence-corrected chi connectivity index (χ1v) is 10.2. The number of nitrogens with one attached hydrogen (secondary N) is 2. The average Bonchev–Trinajstić information content (AvgIpc) is 2.73. The third kappa shape index (κ3) is 5.11. The second-order valence-electron chi connectivity index (χ2n) is 6.13. The van der Waals surface area contributed by atoms with Crippen molar-refractivity contribution in [1.82, 2.24) is 19.7 Å². The second-order valence-corrected chi connectivity index (χ2v) is 7.79. The third-order valence-corrected chi connectivity index (χ3v) is 5.34. The third-order valence-electron chi connectivity index (χ3n) is 3.97. The summed E-state index contributed by atoms with van der Waals surface area (Å²) in [5.41, 5.74) is 0.648. The Kier molecular flexibility index (Phi) is 6.11. The van der Waals surface area contributed by atoms with Gasteiger partial charge in [0.05, 0.1) is 12.7 Å². The molecule has 0 bridgehead atoms. The van der Waals surface area contributed by atoms with E-state index in [1.807, 2.05) is 0 Å². The van der Waals surface area contributed by atoms with Crippen LogP contribution in [0, 0.1) is 6.92 Å². The van der Waals surface area contributed by atoms with Gasteiger partial charge in [-0.05, 0) is 30.2 Å². The van der Waals surface area contributed by atoms with Gasteiger partial charge in [0.25, 0.3) is 10.0 Å². The number of urea groups is 1. The lowest BCUT2D eigenvalue weighted by atomic mass is 10.0. The number of carboxylic acids is 1. The summed E-state index contributed by atoms with van der Waals surface area (Å²) in [5, 5.41) is 11.6. The number of hydrogen-bond acceptors (Lipinski definition) is 8. The molecule has 0 saturated heterocycles. The Bertz CT molecular complexity index is 1250. The SMILES string of the molecule is COc1nc(C)nc(NC(=O)NS(=O)(=O)c2cc(-c3ccccc3)ccc2C(=O)O)n1. The van der Waals surface area contributed by atoms with Crippen molar-refractivity contribution >= 4 is 28.0 Å². The summed E-state index contributed by atoms with van der Waals surface area (Å²) in [6, 6.07) is 11.3. The van der Waals surface area contributed by atoms with E-state index in [9.17, 15) is 23.1 Å². The quantitative estimate of drug-likeness (QED) is 0.518. The van der Waals surface area contributed by atoms with Crippen LogP contribution >= 0.6 is 0 Å². The molecule has 0 atom stereocenters. The zero-order valence-corrected chi connectivity index (χ0v) is 17.2. The van der Waals surface area contributed by atoms with Crippen molar-refractivity contribution in [2.45, 2.75) is 11.8 Å². The number of aryl methyl sites for hydroxylation is 1. The van der Waals surface area contributed by atoms with Gasteiger partial charge in [0.1, 0.15) is 10.7 Å². The molecular weight excluding hydrogens is 426 g/mol. The Morgan fingerprint density at radius 2 is 1.71 bits per heavy atom. The summed E-state index contributed by atoms with van der Waals surface area (Å²) in [7, 11) is -3.24. The van der Waals surface area contributed by atoms with Gasteiger partial charge >= 0.3 is 18.0 Å². The number of methoxy groups -OCH3 is 1. The molecule has 0 radical (unpaired) electrons. The first kappa shape index (κ1) is 21.6. The number of ether oxygens (including phenoxy) is 1. The topological polar surface area (TPSA) is 160 Å². The van der Waals surface area contributed by atoms with Crippen LogP contribution in [0.4, 0.5) is 10.7 Å². The molecule has 0 aliphatic rings. The van der Waals surface area contributed by atoms with Gasteiger partial charge in [-0.3, -0.25) is 5.32 Å². The Labute approximate surface area is 177 Å². The van der Waals surface area contributed by atoms with Crippen LogP contribution in [0.2, 0.25) is 0 Å². The highest BCUT2D eigenvalue weighted by molar-refractivity contribution is 7.90. The number of aromatic nitrogens is 3. The predicted octanol–water partition coefficient (Wildman–Crippen LogP) is 2.06. The number of carboxylic acid groups (broad SMARTS) is 1. The molecular formula is C19H17N5O6S. The second kappa shape index (κ2) is 8.75. The standard InChI is InChI=1S/C19H17N5O6S/c1-11-20-17(23-19(21-11)30-2)22-18(27)24-31(28,29)15-10-13(8-9-14(15)16(25)26)12-6-4-3-5-7-12/h3-10H,1-2H3,(H,25,26)(H2,20,21,22,23,24,27). The maximum absolute atomic E-state index is 12.8. The Balaban J connectivity index is 1.92. The fourth-order valence-electron chi connectivity index (χ4n) is 2.64. The molecule has 3 N–H and O–H groups in total. The lowest BCUT2D eigenvalue weighted by Crippen LogP contribution is -2.35. The lowest BCUT2D eigenvalue weighted by Gasteiger charge is -2.12. The maximum atomic E-state index is 12.8. The smallest absolute Gasteiger partial charge is 0.337 e. The first-order valence-electron chi connectivity index (χ1n) is 8.73. The minimum atomic E-state index is -4.56. The molecule has 0 unspecified atom stereocenters. The molecule has 2 amide bonds. The number of rotatable bonds is 6. The largest absolute Gasteiger partial charge is 0.478 e. The highest BCUT2D eigenvalue weighted by Crippen LogP contribution is 2.25. The lowest BCUT2D eigenvalue weighted by molar-refractivity contribution is 0.0692. The molecule has 1 heterocycles. The van der Waals surface area contributed by atoms with Gasteiger partial charge in [-0.25, -0.2) is 22.7 Å². The van der Waals surface area contributed by atoms with Crippen LogP contribution in [0.3, 0.4) is 0 Å². The summed E-state index contributed by atoms with van der Waals surface area (Å²) in [6.07, 6.45) is 0. The van der Waals surface area contributed by atoms with Crippen LogP contribution in [0.5, 0.6) is 6.01 Å².